The van der Waals surface area contributed by atoms with Gasteiger partial charge in [0.05, 0.1) is 13.7 Å². The largest absolute Gasteiger partial charge is 0.494 e. The first-order valence-corrected chi connectivity index (χ1v) is 11.5. The predicted octanol–water partition coefficient (Wildman–Crippen LogP) is 4.82. The molecule has 8 heteroatoms. The Morgan fingerprint density at radius 2 is 1.61 bits per heavy atom. The second kappa shape index (κ2) is 14.0. The van der Waals surface area contributed by atoms with Crippen molar-refractivity contribution in [1.82, 2.24) is 5.32 Å². The number of esters is 1. The molecule has 0 aliphatic rings. The van der Waals surface area contributed by atoms with E-state index in [1.165, 1.54) is 31.4 Å². The molecule has 36 heavy (non-hydrogen) atoms. The highest BCUT2D eigenvalue weighted by Gasteiger charge is 2.16. The summed E-state index contributed by atoms with van der Waals surface area (Å²) in [7, 11) is 1.39. The molecule has 0 saturated carbocycles. The van der Waals surface area contributed by atoms with Gasteiger partial charge in [0.25, 0.3) is 5.91 Å². The first kappa shape index (κ1) is 27.7. The first-order chi connectivity index (χ1) is 17.3. The van der Waals surface area contributed by atoms with Gasteiger partial charge in [0, 0.05) is 6.04 Å². The predicted molar refractivity (Wildman–Crippen MR) is 136 cm³/mol. The molecule has 0 radical (unpaired) electrons. The van der Waals surface area contributed by atoms with E-state index in [0.717, 1.165) is 12.8 Å². The molecule has 8 nitrogen and oxygen atoms in total. The van der Waals surface area contributed by atoms with Gasteiger partial charge in [-0.05, 0) is 67.8 Å². The zero-order valence-electron chi connectivity index (χ0n) is 20.8. The highest BCUT2D eigenvalue weighted by molar-refractivity contribution is 6.02. The van der Waals surface area contributed by atoms with Crippen molar-refractivity contribution in [3.63, 3.8) is 0 Å². The molecular weight excluding hydrogens is 458 g/mol. The number of benzene rings is 2. The molecule has 0 saturated heterocycles. The van der Waals surface area contributed by atoms with Crippen LogP contribution in [0.1, 0.15) is 44.7 Å². The fourth-order valence-electron chi connectivity index (χ4n) is 2.97. The van der Waals surface area contributed by atoms with Gasteiger partial charge in [-0.3, -0.25) is 4.79 Å². The van der Waals surface area contributed by atoms with Crippen molar-refractivity contribution in [3.8, 4) is 29.4 Å². The maximum atomic E-state index is 12.7. The summed E-state index contributed by atoms with van der Waals surface area (Å²) in [6, 6.07) is 15.2. The number of hydrogen-bond acceptors (Lipinski definition) is 7. The molecule has 2 rings (SSSR count). The highest BCUT2D eigenvalue weighted by Crippen LogP contribution is 2.30. The summed E-state index contributed by atoms with van der Waals surface area (Å²) in [5.74, 6) is -0.348. The molecule has 1 amide bonds. The van der Waals surface area contributed by atoms with Gasteiger partial charge < -0.3 is 19.5 Å². The van der Waals surface area contributed by atoms with Crippen molar-refractivity contribution in [2.75, 3.05) is 13.7 Å². The van der Waals surface area contributed by atoms with E-state index in [0.29, 0.717) is 23.5 Å². The number of rotatable bonds is 11. The maximum absolute atomic E-state index is 12.7. The Labute approximate surface area is 211 Å². The third-order valence-corrected chi connectivity index (χ3v) is 4.78. The zero-order valence-corrected chi connectivity index (χ0v) is 20.8. The summed E-state index contributed by atoms with van der Waals surface area (Å²) in [5, 5.41) is 21.5. The molecule has 0 atom stereocenters. The van der Waals surface area contributed by atoms with Crippen LogP contribution >= 0.6 is 0 Å². The fraction of sp³-hybridized carbons (Fsp3) is 0.286. The average molecular weight is 488 g/mol. The van der Waals surface area contributed by atoms with Crippen molar-refractivity contribution in [3.05, 3.63) is 64.7 Å². The second-order valence-corrected chi connectivity index (χ2v) is 8.04. The van der Waals surface area contributed by atoms with Gasteiger partial charge in [-0.25, -0.2) is 4.79 Å². The van der Waals surface area contributed by atoms with Crippen molar-refractivity contribution in [2.45, 2.75) is 39.7 Å². The topological polar surface area (TPSA) is 121 Å². The Morgan fingerprint density at radius 1 is 0.972 bits per heavy atom. The van der Waals surface area contributed by atoms with Crippen LogP contribution in [0.2, 0.25) is 0 Å². The van der Waals surface area contributed by atoms with E-state index in [1.807, 2.05) is 12.1 Å². The number of hydrogen-bond donors (Lipinski definition) is 1. The highest BCUT2D eigenvalue weighted by atomic mass is 16.6. The summed E-state index contributed by atoms with van der Waals surface area (Å²) in [5.41, 5.74) is 0.867. The number of carbonyl (C=O) groups excluding carboxylic acids is 2. The van der Waals surface area contributed by atoms with Crippen LogP contribution in [-0.4, -0.2) is 31.6 Å². The number of nitriles is 2. The third kappa shape index (κ3) is 8.34. The van der Waals surface area contributed by atoms with Crippen LogP contribution < -0.4 is 19.5 Å². The molecule has 0 aliphatic carbocycles. The van der Waals surface area contributed by atoms with Gasteiger partial charge in [0.1, 0.15) is 29.0 Å². The smallest absolute Gasteiger partial charge is 0.354 e. The zero-order chi connectivity index (χ0) is 26.5. The Bertz CT molecular complexity index is 1220. The molecule has 2 aromatic rings. The molecule has 0 fully saturated rings. The average Bonchev–Trinajstić information content (AvgIpc) is 2.86. The van der Waals surface area contributed by atoms with E-state index in [1.54, 1.807) is 44.2 Å². The molecule has 0 aliphatic heterocycles. The summed E-state index contributed by atoms with van der Waals surface area (Å²) in [6.07, 6.45) is 4.82. The lowest BCUT2D eigenvalue weighted by Gasteiger charge is -2.10. The van der Waals surface area contributed by atoms with E-state index in [-0.39, 0.29) is 28.7 Å². The standard InChI is InChI=1S/C28H29N3O5/c1-5-6-13-35-24-10-7-20(8-11-24)14-23(18-30)28(33)36-25-12-9-21(16-26(25)34-4)15-22(17-29)27(32)31-19(2)3/h7-12,14-16,19H,5-6,13H2,1-4H3,(H,31,32)/b22-15+,23-14+. The monoisotopic (exact) mass is 487 g/mol. The molecule has 186 valence electrons. The molecule has 2 aromatic carbocycles. The van der Waals surface area contributed by atoms with Gasteiger partial charge in [-0.1, -0.05) is 31.5 Å². The number of carbonyl (C=O) groups is 2. The molecule has 0 bridgehead atoms. The second-order valence-electron chi connectivity index (χ2n) is 8.04. The fourth-order valence-corrected chi connectivity index (χ4v) is 2.97. The summed E-state index contributed by atoms with van der Waals surface area (Å²) >= 11 is 0. The van der Waals surface area contributed by atoms with Crippen LogP contribution in [-0.2, 0) is 9.59 Å². The maximum Gasteiger partial charge on any atom is 0.354 e. The normalized spacial score (nSPS) is 11.3. The third-order valence-electron chi connectivity index (χ3n) is 4.78. The van der Waals surface area contributed by atoms with Gasteiger partial charge in [0.15, 0.2) is 11.5 Å². The van der Waals surface area contributed by atoms with Crippen molar-refractivity contribution in [2.24, 2.45) is 0 Å². The minimum absolute atomic E-state index is 0.0769. The van der Waals surface area contributed by atoms with Crippen LogP contribution in [0.25, 0.3) is 12.2 Å². The van der Waals surface area contributed by atoms with Crippen molar-refractivity contribution < 1.29 is 23.8 Å². The minimum Gasteiger partial charge on any atom is -0.494 e. The first-order valence-electron chi connectivity index (χ1n) is 11.5. The van der Waals surface area contributed by atoms with E-state index >= 15 is 0 Å². The lowest BCUT2D eigenvalue weighted by Crippen LogP contribution is -2.30. The molecule has 0 aromatic heterocycles. The summed E-state index contributed by atoms with van der Waals surface area (Å²) < 4.78 is 16.3. The van der Waals surface area contributed by atoms with Gasteiger partial charge in [-0.2, -0.15) is 10.5 Å². The van der Waals surface area contributed by atoms with Crippen LogP contribution in [0.3, 0.4) is 0 Å². The van der Waals surface area contributed by atoms with Crippen molar-refractivity contribution >= 4 is 24.0 Å². The van der Waals surface area contributed by atoms with Crippen LogP contribution in [0.4, 0.5) is 0 Å². The van der Waals surface area contributed by atoms with Gasteiger partial charge in [0.2, 0.25) is 0 Å². The lowest BCUT2D eigenvalue weighted by molar-refractivity contribution is -0.129. The molecule has 0 heterocycles. The summed E-state index contributed by atoms with van der Waals surface area (Å²) in [6.45, 7) is 6.29. The Morgan fingerprint density at radius 3 is 2.19 bits per heavy atom. The van der Waals surface area contributed by atoms with E-state index in [4.69, 9.17) is 14.2 Å². The number of amides is 1. The molecule has 0 spiro atoms. The number of nitrogens with zero attached hydrogens (tertiary/aromatic N) is 2. The Hall–Kier alpha value is -4.56. The number of ether oxygens (including phenoxy) is 3. The summed E-state index contributed by atoms with van der Waals surface area (Å²) in [4.78, 5) is 24.8. The van der Waals surface area contributed by atoms with Gasteiger partial charge in [-0.15, -0.1) is 0 Å². The number of methoxy groups -OCH3 is 1. The molecule has 1 N–H and O–H groups in total. The van der Waals surface area contributed by atoms with E-state index in [2.05, 4.69) is 12.2 Å². The van der Waals surface area contributed by atoms with Crippen molar-refractivity contribution in [1.29, 1.82) is 10.5 Å². The van der Waals surface area contributed by atoms with E-state index < -0.39 is 11.9 Å². The number of unbranched alkanes of at least 4 members (excludes halogenated alkanes) is 1. The van der Waals surface area contributed by atoms with Crippen LogP contribution in [0.5, 0.6) is 17.2 Å². The minimum atomic E-state index is -0.851. The Balaban J connectivity index is 2.19. The Kier molecular flexibility index (Phi) is 10.8. The quantitative estimate of drug-likeness (QED) is 0.159. The van der Waals surface area contributed by atoms with Gasteiger partial charge >= 0.3 is 5.97 Å². The molecule has 0 unspecified atom stereocenters. The SMILES string of the molecule is CCCCOc1ccc(/C=C(\C#N)C(=O)Oc2ccc(/C=C(\C#N)C(=O)NC(C)C)cc2OC)cc1. The van der Waals surface area contributed by atoms with Crippen LogP contribution in [0.15, 0.2) is 53.6 Å². The van der Waals surface area contributed by atoms with Crippen LogP contribution in [0, 0.1) is 22.7 Å². The number of nitrogens with one attached hydrogen (secondary N) is 1. The molecular formula is C28H29N3O5. The lowest BCUT2D eigenvalue weighted by atomic mass is 10.1. The van der Waals surface area contributed by atoms with E-state index in [9.17, 15) is 20.1 Å².